The molecule has 1 spiro atoms. The predicted molar refractivity (Wildman–Crippen MR) is 53.6 cm³/mol. The standard InChI is InChI=1S/C10H15N3O3/c14-9-1-2-10(15-3-4-16-10)5-8(9)13-7-11-6-12-13/h6-9,14H,1-5H2. The summed E-state index contributed by atoms with van der Waals surface area (Å²) in [4.78, 5) is 3.91. The summed E-state index contributed by atoms with van der Waals surface area (Å²) in [7, 11) is 0. The molecule has 0 aromatic carbocycles. The molecule has 88 valence electrons. The minimum atomic E-state index is -0.504. The van der Waals surface area contributed by atoms with Crippen LogP contribution in [0.2, 0.25) is 0 Å². The number of nitrogens with zero attached hydrogens (tertiary/aromatic N) is 3. The second-order valence-electron chi connectivity index (χ2n) is 4.36. The molecular weight excluding hydrogens is 210 g/mol. The summed E-state index contributed by atoms with van der Waals surface area (Å²) in [6, 6.07) is -0.102. The van der Waals surface area contributed by atoms with Gasteiger partial charge in [0.15, 0.2) is 5.79 Å². The van der Waals surface area contributed by atoms with Crippen LogP contribution in [0.1, 0.15) is 25.3 Å². The Hall–Kier alpha value is -0.980. The van der Waals surface area contributed by atoms with Crippen molar-refractivity contribution in [2.45, 2.75) is 37.2 Å². The molecule has 3 rings (SSSR count). The second-order valence-corrected chi connectivity index (χ2v) is 4.36. The lowest BCUT2D eigenvalue weighted by Crippen LogP contribution is -2.43. The van der Waals surface area contributed by atoms with Gasteiger partial charge in [-0.2, -0.15) is 5.10 Å². The van der Waals surface area contributed by atoms with Gasteiger partial charge < -0.3 is 14.6 Å². The van der Waals surface area contributed by atoms with E-state index in [0.29, 0.717) is 26.1 Å². The quantitative estimate of drug-likeness (QED) is 0.734. The summed E-state index contributed by atoms with van der Waals surface area (Å²) < 4.78 is 13.0. The molecule has 1 saturated heterocycles. The Morgan fingerprint density at radius 2 is 2.19 bits per heavy atom. The zero-order valence-corrected chi connectivity index (χ0v) is 8.95. The monoisotopic (exact) mass is 225 g/mol. The molecule has 1 aromatic rings. The van der Waals surface area contributed by atoms with Crippen LogP contribution in [0.5, 0.6) is 0 Å². The van der Waals surface area contributed by atoms with Crippen molar-refractivity contribution in [3.8, 4) is 0 Å². The minimum Gasteiger partial charge on any atom is -0.391 e. The van der Waals surface area contributed by atoms with Gasteiger partial charge in [0.25, 0.3) is 0 Å². The third kappa shape index (κ3) is 1.63. The molecule has 1 N–H and O–H groups in total. The van der Waals surface area contributed by atoms with Gasteiger partial charge in [-0.25, -0.2) is 9.67 Å². The van der Waals surface area contributed by atoms with E-state index in [-0.39, 0.29) is 6.04 Å². The maximum atomic E-state index is 9.98. The zero-order chi connectivity index (χ0) is 11.0. The van der Waals surface area contributed by atoms with Gasteiger partial charge in [-0.1, -0.05) is 0 Å². The van der Waals surface area contributed by atoms with Gasteiger partial charge in [-0.05, 0) is 6.42 Å². The number of aliphatic hydroxyl groups excluding tert-OH is 1. The van der Waals surface area contributed by atoms with E-state index in [1.807, 2.05) is 0 Å². The Labute approximate surface area is 93.2 Å². The molecule has 1 saturated carbocycles. The molecule has 1 aliphatic heterocycles. The molecule has 2 fully saturated rings. The number of rotatable bonds is 1. The fourth-order valence-corrected chi connectivity index (χ4v) is 2.53. The molecule has 1 aromatic heterocycles. The van der Waals surface area contributed by atoms with Crippen molar-refractivity contribution in [2.24, 2.45) is 0 Å². The Balaban J connectivity index is 1.81. The average molecular weight is 225 g/mol. The highest BCUT2D eigenvalue weighted by Crippen LogP contribution is 2.40. The Bertz CT molecular complexity index is 348. The van der Waals surface area contributed by atoms with Crippen LogP contribution in [-0.4, -0.2) is 45.0 Å². The highest BCUT2D eigenvalue weighted by Gasteiger charge is 2.45. The van der Waals surface area contributed by atoms with Crippen molar-refractivity contribution in [1.82, 2.24) is 14.8 Å². The fraction of sp³-hybridized carbons (Fsp3) is 0.800. The van der Waals surface area contributed by atoms with Gasteiger partial charge in [0.2, 0.25) is 0 Å². The van der Waals surface area contributed by atoms with Crippen molar-refractivity contribution in [2.75, 3.05) is 13.2 Å². The lowest BCUT2D eigenvalue weighted by molar-refractivity contribution is -0.200. The molecule has 16 heavy (non-hydrogen) atoms. The van der Waals surface area contributed by atoms with E-state index >= 15 is 0 Å². The number of hydrogen-bond acceptors (Lipinski definition) is 5. The number of ether oxygens (including phenoxy) is 2. The molecule has 0 bridgehead atoms. The molecule has 2 aliphatic rings. The average Bonchev–Trinajstić information content (AvgIpc) is 2.94. The van der Waals surface area contributed by atoms with Crippen LogP contribution in [0.3, 0.4) is 0 Å². The summed E-state index contributed by atoms with van der Waals surface area (Å²) in [5.74, 6) is -0.504. The molecule has 0 radical (unpaired) electrons. The van der Waals surface area contributed by atoms with Crippen LogP contribution in [0.25, 0.3) is 0 Å². The van der Waals surface area contributed by atoms with E-state index in [1.54, 1.807) is 11.0 Å². The summed E-state index contributed by atoms with van der Waals surface area (Å²) in [5.41, 5.74) is 0. The van der Waals surface area contributed by atoms with Crippen LogP contribution in [0.15, 0.2) is 12.7 Å². The van der Waals surface area contributed by atoms with Crippen LogP contribution < -0.4 is 0 Å². The first-order chi connectivity index (χ1) is 7.79. The first kappa shape index (κ1) is 10.2. The normalized spacial score (nSPS) is 33.3. The fourth-order valence-electron chi connectivity index (χ4n) is 2.53. The third-order valence-electron chi connectivity index (χ3n) is 3.38. The SMILES string of the molecule is OC1CCC2(CC1n1cncn1)OCCO2. The van der Waals surface area contributed by atoms with Gasteiger partial charge in [0.1, 0.15) is 12.7 Å². The second kappa shape index (κ2) is 3.80. The molecule has 2 unspecified atom stereocenters. The topological polar surface area (TPSA) is 69.4 Å². The Morgan fingerprint density at radius 3 is 2.88 bits per heavy atom. The summed E-state index contributed by atoms with van der Waals surface area (Å²) in [5, 5.41) is 14.1. The van der Waals surface area contributed by atoms with Crippen molar-refractivity contribution in [3.63, 3.8) is 0 Å². The van der Waals surface area contributed by atoms with E-state index in [9.17, 15) is 5.11 Å². The van der Waals surface area contributed by atoms with Crippen LogP contribution in [0, 0.1) is 0 Å². The number of aliphatic hydroxyl groups is 1. The van der Waals surface area contributed by atoms with Crippen LogP contribution in [0.4, 0.5) is 0 Å². The van der Waals surface area contributed by atoms with E-state index in [2.05, 4.69) is 10.1 Å². The van der Waals surface area contributed by atoms with E-state index in [0.717, 1.165) is 6.42 Å². The van der Waals surface area contributed by atoms with E-state index in [1.165, 1.54) is 6.33 Å². The molecule has 1 aliphatic carbocycles. The van der Waals surface area contributed by atoms with Crippen molar-refractivity contribution < 1.29 is 14.6 Å². The largest absolute Gasteiger partial charge is 0.391 e. The minimum absolute atomic E-state index is 0.102. The van der Waals surface area contributed by atoms with E-state index < -0.39 is 11.9 Å². The molecule has 2 atom stereocenters. The van der Waals surface area contributed by atoms with Gasteiger partial charge >= 0.3 is 0 Å². The van der Waals surface area contributed by atoms with Gasteiger partial charge in [-0.15, -0.1) is 0 Å². The lowest BCUT2D eigenvalue weighted by atomic mass is 9.87. The predicted octanol–water partition coefficient (Wildman–Crippen LogP) is 0.107. The zero-order valence-electron chi connectivity index (χ0n) is 8.95. The third-order valence-corrected chi connectivity index (χ3v) is 3.38. The van der Waals surface area contributed by atoms with Gasteiger partial charge in [0, 0.05) is 12.8 Å². The van der Waals surface area contributed by atoms with Gasteiger partial charge in [-0.3, -0.25) is 0 Å². The number of aromatic nitrogens is 3. The Morgan fingerprint density at radius 1 is 1.38 bits per heavy atom. The van der Waals surface area contributed by atoms with E-state index in [4.69, 9.17) is 9.47 Å². The first-order valence-electron chi connectivity index (χ1n) is 5.59. The highest BCUT2D eigenvalue weighted by molar-refractivity contribution is 4.90. The molecule has 6 heteroatoms. The lowest BCUT2D eigenvalue weighted by Gasteiger charge is -2.38. The van der Waals surface area contributed by atoms with Crippen molar-refractivity contribution in [3.05, 3.63) is 12.7 Å². The molecular formula is C10H15N3O3. The van der Waals surface area contributed by atoms with Crippen LogP contribution >= 0.6 is 0 Å². The van der Waals surface area contributed by atoms with Crippen LogP contribution in [-0.2, 0) is 9.47 Å². The highest BCUT2D eigenvalue weighted by atomic mass is 16.7. The smallest absolute Gasteiger partial charge is 0.170 e. The summed E-state index contributed by atoms with van der Waals surface area (Å²) >= 11 is 0. The summed E-state index contributed by atoms with van der Waals surface area (Å²) in [6.45, 7) is 1.28. The number of hydrogen-bond donors (Lipinski definition) is 1. The van der Waals surface area contributed by atoms with Crippen molar-refractivity contribution in [1.29, 1.82) is 0 Å². The van der Waals surface area contributed by atoms with Crippen molar-refractivity contribution >= 4 is 0 Å². The molecule has 2 heterocycles. The maximum Gasteiger partial charge on any atom is 0.170 e. The first-order valence-corrected chi connectivity index (χ1v) is 5.59. The Kier molecular flexibility index (Phi) is 2.42. The molecule has 6 nitrogen and oxygen atoms in total. The maximum absolute atomic E-state index is 9.98. The summed E-state index contributed by atoms with van der Waals surface area (Å²) in [6.07, 6.45) is 4.76. The van der Waals surface area contributed by atoms with Gasteiger partial charge in [0.05, 0.1) is 25.4 Å². The molecule has 0 amide bonds.